The number of hydrogen-bond acceptors (Lipinski definition) is 2. The van der Waals surface area contributed by atoms with E-state index in [0.29, 0.717) is 13.0 Å². The zero-order valence-corrected chi connectivity index (χ0v) is 8.22. The van der Waals surface area contributed by atoms with Crippen molar-refractivity contribution in [2.75, 3.05) is 13.2 Å². The Morgan fingerprint density at radius 3 is 2.86 bits per heavy atom. The lowest BCUT2D eigenvalue weighted by molar-refractivity contribution is 0.0159. The number of alkyl halides is 2. The van der Waals surface area contributed by atoms with Gasteiger partial charge in [0.25, 0.3) is 6.43 Å². The molecule has 0 aliphatic heterocycles. The summed E-state index contributed by atoms with van der Waals surface area (Å²) in [5.41, 5.74) is 7.12. The molecule has 0 radical (unpaired) electrons. The molecule has 0 amide bonds. The van der Waals surface area contributed by atoms with E-state index >= 15 is 0 Å². The first kappa shape index (κ1) is 11.6. The molecule has 2 N–H and O–H groups in total. The Balaban J connectivity index is 2.06. The molecule has 0 saturated carbocycles. The van der Waals surface area contributed by atoms with Gasteiger partial charge < -0.3 is 10.5 Å². The second-order valence-corrected chi connectivity index (χ2v) is 3.53. The van der Waals surface area contributed by atoms with Gasteiger partial charge in [0.05, 0.1) is 0 Å². The summed E-state index contributed by atoms with van der Waals surface area (Å²) in [6.07, 6.45) is 3.73. The number of allylic oxidation sites excluding steroid dienone is 1. The van der Waals surface area contributed by atoms with E-state index in [0.717, 1.165) is 12.8 Å². The zero-order chi connectivity index (χ0) is 10.4. The van der Waals surface area contributed by atoms with Crippen LogP contribution in [0.5, 0.6) is 0 Å². The number of rotatable bonds is 6. The first-order valence-corrected chi connectivity index (χ1v) is 5.00. The average molecular weight is 205 g/mol. The van der Waals surface area contributed by atoms with Gasteiger partial charge in [-0.05, 0) is 25.7 Å². The number of nitrogens with two attached hydrogens (primary N) is 1. The molecule has 0 aromatic heterocycles. The van der Waals surface area contributed by atoms with Crippen molar-refractivity contribution < 1.29 is 13.5 Å². The molecule has 4 heteroatoms. The third-order valence-corrected chi connectivity index (χ3v) is 2.37. The molecule has 0 aromatic carbocycles. The summed E-state index contributed by atoms with van der Waals surface area (Å²) in [6, 6.07) is -0.00447. The quantitative estimate of drug-likeness (QED) is 0.532. The van der Waals surface area contributed by atoms with E-state index in [1.54, 1.807) is 0 Å². The van der Waals surface area contributed by atoms with Gasteiger partial charge >= 0.3 is 0 Å². The Kier molecular flexibility index (Phi) is 5.04. The van der Waals surface area contributed by atoms with Crippen molar-refractivity contribution in [2.45, 2.75) is 38.2 Å². The topological polar surface area (TPSA) is 35.2 Å². The summed E-state index contributed by atoms with van der Waals surface area (Å²) in [6.45, 7) is -0.158. The van der Waals surface area contributed by atoms with E-state index < -0.39 is 13.0 Å². The Morgan fingerprint density at radius 2 is 2.29 bits per heavy atom. The van der Waals surface area contributed by atoms with Crippen LogP contribution < -0.4 is 5.73 Å². The van der Waals surface area contributed by atoms with Crippen molar-refractivity contribution in [1.82, 2.24) is 0 Å². The zero-order valence-electron chi connectivity index (χ0n) is 8.22. The first-order chi connectivity index (χ1) is 6.70. The molecule has 0 heterocycles. The van der Waals surface area contributed by atoms with Gasteiger partial charge in [0.15, 0.2) is 0 Å². The van der Waals surface area contributed by atoms with Crippen LogP contribution in [0.4, 0.5) is 8.78 Å². The van der Waals surface area contributed by atoms with Crippen LogP contribution in [0.3, 0.4) is 0 Å². The minimum absolute atomic E-state index is 0.00447. The molecule has 14 heavy (non-hydrogen) atoms. The normalized spacial score (nSPS) is 18.7. The third kappa shape index (κ3) is 4.15. The molecule has 1 aliphatic carbocycles. The Labute approximate surface area is 83.1 Å². The fourth-order valence-electron chi connectivity index (χ4n) is 1.60. The van der Waals surface area contributed by atoms with E-state index in [-0.39, 0.29) is 6.04 Å². The van der Waals surface area contributed by atoms with Crippen LogP contribution in [0.1, 0.15) is 25.7 Å². The van der Waals surface area contributed by atoms with Crippen LogP contribution in [-0.2, 0) is 4.74 Å². The summed E-state index contributed by atoms with van der Waals surface area (Å²) < 4.78 is 28.2. The molecule has 1 rings (SSSR count). The van der Waals surface area contributed by atoms with Crippen LogP contribution in [0.15, 0.2) is 11.6 Å². The van der Waals surface area contributed by atoms with Crippen molar-refractivity contribution in [3.63, 3.8) is 0 Å². The average Bonchev–Trinajstić information content (AvgIpc) is 2.64. The van der Waals surface area contributed by atoms with Gasteiger partial charge in [0, 0.05) is 12.6 Å². The standard InChI is InChI=1S/C10H17F2NO/c11-10(12)7-14-6-5-9(13)8-3-1-2-4-8/h3,9-10H,1-2,4-7,13H2. The van der Waals surface area contributed by atoms with Crippen molar-refractivity contribution in [3.8, 4) is 0 Å². The van der Waals surface area contributed by atoms with Gasteiger partial charge in [0.1, 0.15) is 6.61 Å². The second-order valence-electron chi connectivity index (χ2n) is 3.53. The van der Waals surface area contributed by atoms with E-state index in [4.69, 9.17) is 10.5 Å². The predicted molar refractivity (Wildman–Crippen MR) is 51.3 cm³/mol. The van der Waals surface area contributed by atoms with Gasteiger partial charge in [-0.3, -0.25) is 0 Å². The molecule has 1 atom stereocenters. The molecule has 0 saturated heterocycles. The minimum atomic E-state index is -2.38. The maximum Gasteiger partial charge on any atom is 0.261 e. The number of hydrogen-bond donors (Lipinski definition) is 1. The lowest BCUT2D eigenvalue weighted by atomic mass is 10.1. The van der Waals surface area contributed by atoms with Gasteiger partial charge in [-0.25, -0.2) is 8.78 Å². The molecule has 0 fully saturated rings. The molecule has 1 unspecified atom stereocenters. The van der Waals surface area contributed by atoms with Crippen molar-refractivity contribution in [2.24, 2.45) is 5.73 Å². The SMILES string of the molecule is NC(CCOCC(F)F)C1=CCCC1. The lowest BCUT2D eigenvalue weighted by Crippen LogP contribution is -2.24. The number of ether oxygens (including phenoxy) is 1. The summed E-state index contributed by atoms with van der Waals surface area (Å²) in [7, 11) is 0. The predicted octanol–water partition coefficient (Wildman–Crippen LogP) is 2.10. The van der Waals surface area contributed by atoms with E-state index in [2.05, 4.69) is 6.08 Å². The first-order valence-electron chi connectivity index (χ1n) is 5.00. The minimum Gasteiger partial charge on any atom is -0.375 e. The fourth-order valence-corrected chi connectivity index (χ4v) is 1.60. The Bertz CT molecular complexity index is 195. The van der Waals surface area contributed by atoms with Crippen LogP contribution in [0.25, 0.3) is 0 Å². The van der Waals surface area contributed by atoms with E-state index in [1.807, 2.05) is 0 Å². The molecule has 2 nitrogen and oxygen atoms in total. The van der Waals surface area contributed by atoms with Crippen LogP contribution >= 0.6 is 0 Å². The summed E-state index contributed by atoms with van der Waals surface area (Å²) >= 11 is 0. The van der Waals surface area contributed by atoms with E-state index in [9.17, 15) is 8.78 Å². The van der Waals surface area contributed by atoms with Crippen molar-refractivity contribution >= 4 is 0 Å². The summed E-state index contributed by atoms with van der Waals surface area (Å²) in [5, 5.41) is 0. The highest BCUT2D eigenvalue weighted by atomic mass is 19.3. The molecule has 1 aliphatic rings. The molecule has 0 spiro atoms. The van der Waals surface area contributed by atoms with Crippen LogP contribution in [0, 0.1) is 0 Å². The third-order valence-electron chi connectivity index (χ3n) is 2.37. The highest BCUT2D eigenvalue weighted by molar-refractivity contribution is 5.14. The van der Waals surface area contributed by atoms with Gasteiger partial charge in [-0.1, -0.05) is 11.6 Å². The van der Waals surface area contributed by atoms with Gasteiger partial charge in [-0.15, -0.1) is 0 Å². The highest BCUT2D eigenvalue weighted by Gasteiger charge is 2.12. The summed E-state index contributed by atoms with van der Waals surface area (Å²) in [5.74, 6) is 0. The molecule has 0 bridgehead atoms. The smallest absolute Gasteiger partial charge is 0.261 e. The van der Waals surface area contributed by atoms with Gasteiger partial charge in [0.2, 0.25) is 0 Å². The second kappa shape index (κ2) is 6.09. The van der Waals surface area contributed by atoms with E-state index in [1.165, 1.54) is 12.0 Å². The summed E-state index contributed by atoms with van der Waals surface area (Å²) in [4.78, 5) is 0. The maximum atomic E-state index is 11.7. The monoisotopic (exact) mass is 205 g/mol. The Hall–Kier alpha value is -0.480. The molecular formula is C10H17F2NO. The Morgan fingerprint density at radius 1 is 1.50 bits per heavy atom. The van der Waals surface area contributed by atoms with Crippen molar-refractivity contribution in [1.29, 1.82) is 0 Å². The van der Waals surface area contributed by atoms with Crippen LogP contribution in [0.2, 0.25) is 0 Å². The maximum absolute atomic E-state index is 11.7. The molecule has 0 aromatic rings. The van der Waals surface area contributed by atoms with Crippen LogP contribution in [-0.4, -0.2) is 25.7 Å². The lowest BCUT2D eigenvalue weighted by Gasteiger charge is -2.12. The highest BCUT2D eigenvalue weighted by Crippen LogP contribution is 2.21. The molecule has 82 valence electrons. The van der Waals surface area contributed by atoms with Crippen molar-refractivity contribution in [3.05, 3.63) is 11.6 Å². The number of halogens is 2. The largest absolute Gasteiger partial charge is 0.375 e. The fraction of sp³-hybridized carbons (Fsp3) is 0.800. The molecular weight excluding hydrogens is 188 g/mol. The van der Waals surface area contributed by atoms with Gasteiger partial charge in [-0.2, -0.15) is 0 Å².